The third-order valence-corrected chi connectivity index (χ3v) is 6.08. The van der Waals surface area contributed by atoms with Crippen molar-refractivity contribution in [3.8, 4) is 11.3 Å². The molecule has 5 aromatic rings. The van der Waals surface area contributed by atoms with E-state index in [9.17, 15) is 18.4 Å². The quantitative estimate of drug-likeness (QED) is 0.428. The van der Waals surface area contributed by atoms with Gasteiger partial charge in [-0.15, -0.1) is 0 Å². The molecule has 0 amide bonds. The van der Waals surface area contributed by atoms with Gasteiger partial charge in [0.15, 0.2) is 5.65 Å². The van der Waals surface area contributed by atoms with E-state index in [2.05, 4.69) is 25.1 Å². The number of aromatic amines is 2. The number of alkyl halides is 2. The Morgan fingerprint density at radius 2 is 2.06 bits per heavy atom. The maximum atomic E-state index is 12.9. The van der Waals surface area contributed by atoms with Crippen molar-refractivity contribution in [2.45, 2.75) is 31.2 Å². The molecule has 0 radical (unpaired) electrons. The highest BCUT2D eigenvalue weighted by molar-refractivity contribution is 5.79. The number of rotatable bonds is 5. The van der Waals surface area contributed by atoms with Crippen molar-refractivity contribution < 1.29 is 8.78 Å². The predicted octanol–water partition coefficient (Wildman–Crippen LogP) is 2.66. The summed E-state index contributed by atoms with van der Waals surface area (Å²) in [4.78, 5) is 32.8. The van der Waals surface area contributed by atoms with Gasteiger partial charge >= 0.3 is 5.69 Å². The molecule has 9 nitrogen and oxygen atoms in total. The van der Waals surface area contributed by atoms with Gasteiger partial charge in [-0.3, -0.25) is 14.5 Å². The molecule has 1 aliphatic carbocycles. The van der Waals surface area contributed by atoms with Gasteiger partial charge in [0.25, 0.3) is 12.0 Å². The number of H-pyrrole nitrogens is 2. The lowest BCUT2D eigenvalue weighted by Gasteiger charge is -2.08. The molecule has 1 aromatic carbocycles. The van der Waals surface area contributed by atoms with Crippen molar-refractivity contribution in [3.05, 3.63) is 81.0 Å². The second-order valence-electron chi connectivity index (χ2n) is 8.15. The Bertz CT molecular complexity index is 1630. The van der Waals surface area contributed by atoms with E-state index in [1.807, 2.05) is 24.3 Å². The summed E-state index contributed by atoms with van der Waals surface area (Å²) in [5, 5.41) is 9.37. The van der Waals surface area contributed by atoms with Gasteiger partial charge < -0.3 is 4.98 Å². The normalized spacial score (nSPS) is 17.9. The molecule has 4 aromatic heterocycles. The van der Waals surface area contributed by atoms with Crippen molar-refractivity contribution in [2.24, 2.45) is 0 Å². The van der Waals surface area contributed by atoms with Crippen molar-refractivity contribution in [1.29, 1.82) is 0 Å². The average molecular weight is 449 g/mol. The van der Waals surface area contributed by atoms with Crippen LogP contribution in [-0.2, 0) is 6.54 Å². The van der Waals surface area contributed by atoms with Crippen LogP contribution in [0.15, 0.2) is 58.6 Å². The van der Waals surface area contributed by atoms with E-state index in [1.54, 1.807) is 23.1 Å². The molecule has 33 heavy (non-hydrogen) atoms. The first-order valence-corrected chi connectivity index (χ1v) is 10.4. The number of imidazole rings is 1. The van der Waals surface area contributed by atoms with Crippen molar-refractivity contribution in [2.75, 3.05) is 0 Å². The summed E-state index contributed by atoms with van der Waals surface area (Å²) < 4.78 is 28.8. The van der Waals surface area contributed by atoms with Gasteiger partial charge in [0.2, 0.25) is 0 Å². The highest BCUT2D eigenvalue weighted by Gasteiger charge is 2.41. The Kier molecular flexibility index (Phi) is 4.25. The van der Waals surface area contributed by atoms with E-state index >= 15 is 0 Å². The zero-order chi connectivity index (χ0) is 22.7. The highest BCUT2D eigenvalue weighted by atomic mass is 19.3. The molecule has 166 valence electrons. The van der Waals surface area contributed by atoms with Crippen LogP contribution >= 0.6 is 0 Å². The summed E-state index contributed by atoms with van der Waals surface area (Å²) in [6.45, 7) is -0.447. The van der Waals surface area contributed by atoms with Gasteiger partial charge in [0.05, 0.1) is 23.0 Å². The molecule has 0 spiro atoms. The van der Waals surface area contributed by atoms with E-state index in [0.29, 0.717) is 16.9 Å². The molecular formula is C22H17F2N7O2. The second kappa shape index (κ2) is 7.19. The third-order valence-electron chi connectivity index (χ3n) is 6.08. The predicted molar refractivity (Wildman–Crippen MR) is 116 cm³/mol. The van der Waals surface area contributed by atoms with Gasteiger partial charge in [-0.05, 0) is 36.0 Å². The monoisotopic (exact) mass is 449 g/mol. The van der Waals surface area contributed by atoms with Gasteiger partial charge in [-0.25, -0.2) is 23.1 Å². The molecule has 2 atom stereocenters. The van der Waals surface area contributed by atoms with Crippen LogP contribution in [0.5, 0.6) is 0 Å². The van der Waals surface area contributed by atoms with Gasteiger partial charge in [0.1, 0.15) is 6.54 Å². The third kappa shape index (κ3) is 3.32. The minimum Gasteiger partial charge on any atom is -0.313 e. The van der Waals surface area contributed by atoms with Gasteiger partial charge in [-0.1, -0.05) is 12.1 Å². The Morgan fingerprint density at radius 3 is 2.88 bits per heavy atom. The maximum absolute atomic E-state index is 12.9. The molecule has 1 unspecified atom stereocenters. The van der Waals surface area contributed by atoms with Crippen LogP contribution in [0.1, 0.15) is 29.4 Å². The largest absolute Gasteiger partial charge is 0.325 e. The van der Waals surface area contributed by atoms with E-state index < -0.39 is 24.2 Å². The molecule has 0 bridgehead atoms. The topological polar surface area (TPSA) is 114 Å². The number of hydrogen-bond donors (Lipinski definition) is 2. The summed E-state index contributed by atoms with van der Waals surface area (Å²) in [5.74, 6) is 0.302. The van der Waals surface area contributed by atoms with Crippen LogP contribution in [0.25, 0.3) is 27.8 Å². The lowest BCUT2D eigenvalue weighted by molar-refractivity contribution is 0.123. The SMILES string of the molecule is O=c1[nH]cc(-c2cc([C@@H]3CC3c3ccc4cnn(CC(F)F)c4c3)c3nccn3n2)c(=O)[nH]1. The minimum atomic E-state index is -2.48. The summed E-state index contributed by atoms with van der Waals surface area (Å²) in [7, 11) is 0. The summed E-state index contributed by atoms with van der Waals surface area (Å²) >= 11 is 0. The van der Waals surface area contributed by atoms with Crippen molar-refractivity contribution >= 4 is 16.6 Å². The fraction of sp³-hybridized carbons (Fsp3) is 0.227. The van der Waals surface area contributed by atoms with Crippen LogP contribution in [0.4, 0.5) is 8.78 Å². The first-order chi connectivity index (χ1) is 16.0. The maximum Gasteiger partial charge on any atom is 0.325 e. The van der Waals surface area contributed by atoms with Crippen molar-refractivity contribution in [3.63, 3.8) is 0 Å². The zero-order valence-electron chi connectivity index (χ0n) is 17.1. The highest BCUT2D eigenvalue weighted by Crippen LogP contribution is 2.55. The smallest absolute Gasteiger partial charge is 0.313 e. The number of aromatic nitrogens is 7. The molecule has 4 heterocycles. The van der Waals surface area contributed by atoms with Gasteiger partial charge in [0, 0.05) is 29.5 Å². The Balaban J connectivity index is 1.40. The minimum absolute atomic E-state index is 0.127. The first kappa shape index (κ1) is 19.5. The summed E-state index contributed by atoms with van der Waals surface area (Å²) in [5.41, 5.74) is 2.90. The molecule has 1 fully saturated rings. The molecule has 0 saturated heterocycles. The Morgan fingerprint density at radius 1 is 1.18 bits per heavy atom. The fourth-order valence-electron chi connectivity index (χ4n) is 4.45. The summed E-state index contributed by atoms with van der Waals surface area (Å²) in [6.07, 6.45) is 4.65. The lowest BCUT2D eigenvalue weighted by Crippen LogP contribution is -2.23. The van der Waals surface area contributed by atoms with Crippen LogP contribution in [0.2, 0.25) is 0 Å². The standard InChI is InChI=1S/C22H17F2N7O2/c23-19(24)10-31-18-5-11(1-2-12(18)8-27-31)13-6-14(13)15-7-17(29-30-4-3-25-20(15)30)16-9-26-22(33)28-21(16)32/h1-5,7-9,13-14,19H,6,10H2,(H2,26,28,32,33)/t13?,14-/m1/s1. The van der Waals surface area contributed by atoms with Crippen LogP contribution in [-0.4, -0.2) is 40.8 Å². The number of fused-ring (bicyclic) bond motifs is 2. The molecule has 11 heteroatoms. The van der Waals surface area contributed by atoms with Crippen LogP contribution in [0.3, 0.4) is 0 Å². The number of hydrogen-bond acceptors (Lipinski definition) is 5. The van der Waals surface area contributed by atoms with E-state index in [4.69, 9.17) is 0 Å². The Hall–Kier alpha value is -4.15. The number of nitrogens with one attached hydrogen (secondary N) is 2. The van der Waals surface area contributed by atoms with E-state index in [0.717, 1.165) is 22.9 Å². The second-order valence-corrected chi connectivity index (χ2v) is 8.15. The number of nitrogens with zero attached hydrogens (tertiary/aromatic N) is 5. The molecule has 1 saturated carbocycles. The molecule has 2 N–H and O–H groups in total. The zero-order valence-corrected chi connectivity index (χ0v) is 17.1. The number of benzene rings is 1. The Labute approximate surface area is 183 Å². The van der Waals surface area contributed by atoms with Crippen LogP contribution in [0, 0.1) is 0 Å². The number of halogens is 2. The average Bonchev–Trinajstić information content (AvgIpc) is 3.26. The molecular weight excluding hydrogens is 432 g/mol. The molecule has 0 aliphatic heterocycles. The van der Waals surface area contributed by atoms with Crippen LogP contribution < -0.4 is 11.2 Å². The van der Waals surface area contributed by atoms with Gasteiger partial charge in [-0.2, -0.15) is 10.2 Å². The summed E-state index contributed by atoms with van der Waals surface area (Å²) in [6, 6.07) is 7.65. The molecule has 1 aliphatic rings. The van der Waals surface area contributed by atoms with Crippen molar-refractivity contribution in [1.82, 2.24) is 34.3 Å². The van der Waals surface area contributed by atoms with E-state index in [1.165, 1.54) is 10.9 Å². The molecule has 6 rings (SSSR count). The lowest BCUT2D eigenvalue weighted by atomic mass is 10.0. The van der Waals surface area contributed by atoms with E-state index in [-0.39, 0.29) is 17.4 Å². The first-order valence-electron chi connectivity index (χ1n) is 10.4. The fourth-order valence-corrected chi connectivity index (χ4v) is 4.45.